The maximum absolute atomic E-state index is 12.7. The number of fused-ring (bicyclic) bond motifs is 1. The summed E-state index contributed by atoms with van der Waals surface area (Å²) >= 11 is 5.21. The summed E-state index contributed by atoms with van der Waals surface area (Å²) in [5.74, 6) is 0. The predicted octanol–water partition coefficient (Wildman–Crippen LogP) is 4.77. The van der Waals surface area contributed by atoms with E-state index in [0.29, 0.717) is 22.3 Å². The number of nitrogens with one attached hydrogen (secondary N) is 1. The Morgan fingerprint density at radius 1 is 1.05 bits per heavy atom. The van der Waals surface area contributed by atoms with Gasteiger partial charge in [-0.2, -0.15) is 13.2 Å². The van der Waals surface area contributed by atoms with Crippen LogP contribution >= 0.6 is 12.2 Å². The van der Waals surface area contributed by atoms with Crippen molar-refractivity contribution in [2.24, 2.45) is 0 Å². The van der Waals surface area contributed by atoms with Crippen LogP contribution in [0.4, 0.5) is 13.2 Å². The Hall–Kier alpha value is -2.08. The molecular formula is C15H11F3N2S. The van der Waals surface area contributed by atoms with Gasteiger partial charge in [-0.1, -0.05) is 30.3 Å². The molecule has 0 spiro atoms. The normalized spacial score (nSPS) is 12.0. The molecule has 0 amide bonds. The molecule has 2 nitrogen and oxygen atoms in total. The van der Waals surface area contributed by atoms with Crippen molar-refractivity contribution in [3.63, 3.8) is 0 Å². The van der Waals surface area contributed by atoms with Gasteiger partial charge in [0.2, 0.25) is 0 Å². The number of aromatic amines is 1. The minimum Gasteiger partial charge on any atom is -0.331 e. The molecule has 108 valence electrons. The molecule has 2 aromatic carbocycles. The molecule has 1 aromatic heterocycles. The van der Waals surface area contributed by atoms with E-state index in [1.165, 1.54) is 6.07 Å². The van der Waals surface area contributed by atoms with E-state index in [-0.39, 0.29) is 0 Å². The highest BCUT2D eigenvalue weighted by atomic mass is 32.1. The molecule has 0 aliphatic rings. The Morgan fingerprint density at radius 2 is 1.76 bits per heavy atom. The Labute approximate surface area is 123 Å². The van der Waals surface area contributed by atoms with E-state index in [2.05, 4.69) is 4.98 Å². The molecule has 21 heavy (non-hydrogen) atoms. The topological polar surface area (TPSA) is 20.7 Å². The van der Waals surface area contributed by atoms with Gasteiger partial charge in [0, 0.05) is 0 Å². The van der Waals surface area contributed by atoms with Crippen LogP contribution in [0.2, 0.25) is 0 Å². The number of hydrogen-bond donors (Lipinski definition) is 1. The molecule has 1 heterocycles. The van der Waals surface area contributed by atoms with Crippen molar-refractivity contribution in [1.29, 1.82) is 0 Å². The average molecular weight is 308 g/mol. The molecule has 0 saturated heterocycles. The molecule has 0 fully saturated rings. The van der Waals surface area contributed by atoms with Crippen molar-refractivity contribution in [1.82, 2.24) is 9.55 Å². The zero-order valence-corrected chi connectivity index (χ0v) is 11.6. The largest absolute Gasteiger partial charge is 0.416 e. The molecule has 0 unspecified atom stereocenters. The van der Waals surface area contributed by atoms with Crippen LogP contribution in [0.5, 0.6) is 0 Å². The number of aromatic nitrogens is 2. The van der Waals surface area contributed by atoms with Gasteiger partial charge in [-0.15, -0.1) is 0 Å². The van der Waals surface area contributed by atoms with Crippen molar-refractivity contribution in [2.75, 3.05) is 0 Å². The van der Waals surface area contributed by atoms with Crippen molar-refractivity contribution < 1.29 is 13.2 Å². The van der Waals surface area contributed by atoms with Crippen molar-refractivity contribution >= 4 is 23.3 Å². The quantitative estimate of drug-likeness (QED) is 0.677. The number of benzene rings is 2. The molecule has 3 rings (SSSR count). The average Bonchev–Trinajstić information content (AvgIpc) is 2.75. The maximum atomic E-state index is 12.7. The molecule has 0 saturated carbocycles. The number of rotatable bonds is 2. The van der Waals surface area contributed by atoms with E-state index in [4.69, 9.17) is 12.2 Å². The lowest BCUT2D eigenvalue weighted by molar-refractivity contribution is -0.137. The van der Waals surface area contributed by atoms with Gasteiger partial charge in [0.05, 0.1) is 23.1 Å². The first-order chi connectivity index (χ1) is 9.95. The van der Waals surface area contributed by atoms with Crippen LogP contribution in [0.25, 0.3) is 11.0 Å². The molecule has 1 N–H and O–H groups in total. The molecule has 3 aromatic rings. The van der Waals surface area contributed by atoms with Gasteiger partial charge in [-0.05, 0) is 36.0 Å². The molecule has 0 atom stereocenters. The van der Waals surface area contributed by atoms with Crippen LogP contribution < -0.4 is 0 Å². The summed E-state index contributed by atoms with van der Waals surface area (Å²) in [6, 6.07) is 13.3. The first-order valence-electron chi connectivity index (χ1n) is 6.29. The van der Waals surface area contributed by atoms with Gasteiger partial charge in [-0.25, -0.2) is 0 Å². The highest BCUT2D eigenvalue weighted by Crippen LogP contribution is 2.31. The summed E-state index contributed by atoms with van der Waals surface area (Å²) in [6.45, 7) is 0.519. The van der Waals surface area contributed by atoms with Crippen LogP contribution in [0, 0.1) is 4.77 Å². The predicted molar refractivity (Wildman–Crippen MR) is 77.7 cm³/mol. The summed E-state index contributed by atoms with van der Waals surface area (Å²) in [4.78, 5) is 2.84. The Bertz CT molecular complexity index is 831. The fraction of sp³-hybridized carbons (Fsp3) is 0.133. The van der Waals surface area contributed by atoms with Crippen LogP contribution in [0.1, 0.15) is 11.1 Å². The lowest BCUT2D eigenvalue weighted by atomic mass is 10.2. The number of nitrogens with zero attached hydrogens (tertiary/aromatic N) is 1. The zero-order valence-electron chi connectivity index (χ0n) is 10.8. The van der Waals surface area contributed by atoms with E-state index >= 15 is 0 Å². The summed E-state index contributed by atoms with van der Waals surface area (Å²) in [6.07, 6.45) is -4.36. The maximum Gasteiger partial charge on any atom is 0.416 e. The van der Waals surface area contributed by atoms with E-state index < -0.39 is 11.7 Å². The fourth-order valence-corrected chi connectivity index (χ4v) is 2.54. The Balaban J connectivity index is 2.08. The van der Waals surface area contributed by atoms with Crippen molar-refractivity contribution in [3.8, 4) is 0 Å². The molecule has 0 aliphatic heterocycles. The third-order valence-electron chi connectivity index (χ3n) is 3.28. The van der Waals surface area contributed by atoms with Crippen LogP contribution in [-0.4, -0.2) is 9.55 Å². The van der Waals surface area contributed by atoms with E-state index in [1.54, 1.807) is 4.57 Å². The second-order valence-corrected chi connectivity index (χ2v) is 5.12. The first-order valence-corrected chi connectivity index (χ1v) is 6.70. The lowest BCUT2D eigenvalue weighted by Crippen LogP contribution is -2.04. The van der Waals surface area contributed by atoms with Gasteiger partial charge in [0.1, 0.15) is 0 Å². The Kier molecular flexibility index (Phi) is 3.33. The van der Waals surface area contributed by atoms with Gasteiger partial charge >= 0.3 is 6.18 Å². The van der Waals surface area contributed by atoms with Crippen molar-refractivity contribution in [2.45, 2.75) is 12.7 Å². The number of imidazole rings is 1. The second-order valence-electron chi connectivity index (χ2n) is 4.73. The first kappa shape index (κ1) is 13.9. The fourth-order valence-electron chi connectivity index (χ4n) is 2.26. The minimum atomic E-state index is -4.36. The SMILES string of the molecule is FC(F)(F)c1ccc2c(c1)[nH]c(=S)n2Cc1ccccc1. The standard InChI is InChI=1S/C15H11F3N2S/c16-15(17,18)11-6-7-13-12(8-11)19-14(21)20(13)9-10-4-2-1-3-5-10/h1-8H,9H2,(H,19,21). The minimum absolute atomic E-state index is 0.394. The summed E-state index contributed by atoms with van der Waals surface area (Å²) < 4.78 is 40.4. The van der Waals surface area contributed by atoms with Crippen LogP contribution in [0.15, 0.2) is 48.5 Å². The summed E-state index contributed by atoms with van der Waals surface area (Å²) in [7, 11) is 0. The van der Waals surface area contributed by atoms with Crippen LogP contribution in [-0.2, 0) is 12.7 Å². The Morgan fingerprint density at radius 3 is 2.43 bits per heavy atom. The molecule has 0 bridgehead atoms. The number of halogens is 3. The molecular weight excluding hydrogens is 297 g/mol. The van der Waals surface area contributed by atoms with Crippen LogP contribution in [0.3, 0.4) is 0 Å². The van der Waals surface area contributed by atoms with Gasteiger partial charge < -0.3 is 9.55 Å². The monoisotopic (exact) mass is 308 g/mol. The number of H-pyrrole nitrogens is 1. The van der Waals surface area contributed by atoms with E-state index in [1.807, 2.05) is 30.3 Å². The van der Waals surface area contributed by atoms with E-state index in [0.717, 1.165) is 17.7 Å². The van der Waals surface area contributed by atoms with E-state index in [9.17, 15) is 13.2 Å². The summed E-state index contributed by atoms with van der Waals surface area (Å²) in [5, 5.41) is 0. The smallest absolute Gasteiger partial charge is 0.331 e. The van der Waals surface area contributed by atoms with Gasteiger partial charge in [0.25, 0.3) is 0 Å². The number of hydrogen-bond acceptors (Lipinski definition) is 1. The third kappa shape index (κ3) is 2.71. The molecule has 6 heteroatoms. The zero-order chi connectivity index (χ0) is 15.0. The van der Waals surface area contributed by atoms with Gasteiger partial charge in [-0.3, -0.25) is 0 Å². The lowest BCUT2D eigenvalue weighted by Gasteiger charge is -2.07. The molecule has 0 aliphatic carbocycles. The highest BCUT2D eigenvalue weighted by Gasteiger charge is 2.30. The third-order valence-corrected chi connectivity index (χ3v) is 3.61. The molecule has 0 radical (unpaired) electrons. The number of alkyl halides is 3. The second kappa shape index (κ2) is 5.04. The van der Waals surface area contributed by atoms with Gasteiger partial charge in [0.15, 0.2) is 4.77 Å². The van der Waals surface area contributed by atoms with Crippen molar-refractivity contribution in [3.05, 3.63) is 64.4 Å². The summed E-state index contributed by atoms with van der Waals surface area (Å²) in [5.41, 5.74) is 1.41. The highest BCUT2D eigenvalue weighted by molar-refractivity contribution is 7.71.